The molecule has 0 fully saturated rings. The van der Waals surface area contributed by atoms with Gasteiger partial charge in [-0.15, -0.1) is 11.3 Å². The van der Waals surface area contributed by atoms with Crippen molar-refractivity contribution >= 4 is 28.2 Å². The lowest BCUT2D eigenvalue weighted by atomic mass is 10.2. The summed E-state index contributed by atoms with van der Waals surface area (Å²) in [5, 5.41) is 3.40. The van der Waals surface area contributed by atoms with Gasteiger partial charge in [-0.25, -0.2) is 4.79 Å². The van der Waals surface area contributed by atoms with Gasteiger partial charge in [0, 0.05) is 11.3 Å². The number of ether oxygens (including phenoxy) is 2. The molecule has 2 rings (SSSR count). The molecule has 0 unspecified atom stereocenters. The van der Waals surface area contributed by atoms with Gasteiger partial charge < -0.3 is 14.8 Å². The highest BCUT2D eigenvalue weighted by molar-refractivity contribution is 7.16. The zero-order valence-corrected chi connectivity index (χ0v) is 16.3. The van der Waals surface area contributed by atoms with Crippen LogP contribution in [0, 0.1) is 6.92 Å². The van der Waals surface area contributed by atoms with Gasteiger partial charge in [-0.2, -0.15) is 0 Å². The van der Waals surface area contributed by atoms with Gasteiger partial charge in [0.15, 0.2) is 0 Å². The predicted molar refractivity (Wildman–Crippen MR) is 104 cm³/mol. The van der Waals surface area contributed by atoms with E-state index in [2.05, 4.69) is 5.32 Å². The Balaban J connectivity index is 1.85. The van der Waals surface area contributed by atoms with E-state index in [-0.39, 0.29) is 5.91 Å². The maximum absolute atomic E-state index is 12.2. The standard InChI is InChI=1S/C20H25NO4S/c1-4-16-13-17(20(23)24-5-2)19(26-16)21-18(22)10-7-11-25-15-9-6-8-14(3)12-15/h6,8-9,12-13H,4-5,7,10-11H2,1-3H3,(H,21,22). The first-order valence-electron chi connectivity index (χ1n) is 8.82. The quantitative estimate of drug-likeness (QED) is 0.514. The first-order chi connectivity index (χ1) is 12.5. The average Bonchev–Trinajstić information content (AvgIpc) is 3.02. The van der Waals surface area contributed by atoms with E-state index < -0.39 is 5.97 Å². The van der Waals surface area contributed by atoms with Crippen molar-refractivity contribution in [2.45, 2.75) is 40.0 Å². The van der Waals surface area contributed by atoms with Crippen LogP contribution in [0.5, 0.6) is 5.75 Å². The zero-order valence-electron chi connectivity index (χ0n) is 15.5. The van der Waals surface area contributed by atoms with Gasteiger partial charge in [0.25, 0.3) is 0 Å². The highest BCUT2D eigenvalue weighted by atomic mass is 32.1. The molecule has 0 saturated heterocycles. The van der Waals surface area contributed by atoms with Gasteiger partial charge in [0.05, 0.1) is 18.8 Å². The molecule has 6 heteroatoms. The summed E-state index contributed by atoms with van der Waals surface area (Å²) in [6.45, 7) is 6.55. The van der Waals surface area contributed by atoms with Crippen molar-refractivity contribution in [1.29, 1.82) is 0 Å². The topological polar surface area (TPSA) is 64.6 Å². The molecule has 0 aliphatic carbocycles. The van der Waals surface area contributed by atoms with E-state index >= 15 is 0 Å². The Morgan fingerprint density at radius 2 is 2.00 bits per heavy atom. The summed E-state index contributed by atoms with van der Waals surface area (Å²) in [5.41, 5.74) is 1.56. The van der Waals surface area contributed by atoms with Crippen molar-refractivity contribution in [1.82, 2.24) is 0 Å². The summed E-state index contributed by atoms with van der Waals surface area (Å²) < 4.78 is 10.7. The Hall–Kier alpha value is -2.34. The predicted octanol–water partition coefficient (Wildman–Crippen LogP) is 4.59. The number of hydrogen-bond donors (Lipinski definition) is 1. The van der Waals surface area contributed by atoms with Gasteiger partial charge in [0.1, 0.15) is 10.8 Å². The fourth-order valence-corrected chi connectivity index (χ4v) is 3.39. The molecule has 1 N–H and O–H groups in total. The SMILES string of the molecule is CCOC(=O)c1cc(CC)sc1NC(=O)CCCOc1cccc(C)c1. The maximum Gasteiger partial charge on any atom is 0.341 e. The van der Waals surface area contributed by atoms with Crippen LogP contribution in [0.15, 0.2) is 30.3 Å². The molecule has 2 aromatic rings. The normalized spacial score (nSPS) is 10.4. The number of nitrogens with one attached hydrogen (secondary N) is 1. The lowest BCUT2D eigenvalue weighted by Gasteiger charge is -2.08. The highest BCUT2D eigenvalue weighted by Gasteiger charge is 2.18. The second kappa shape index (κ2) is 9.97. The van der Waals surface area contributed by atoms with Gasteiger partial charge in [0.2, 0.25) is 5.91 Å². The van der Waals surface area contributed by atoms with E-state index in [4.69, 9.17) is 9.47 Å². The van der Waals surface area contributed by atoms with Gasteiger partial charge >= 0.3 is 5.97 Å². The van der Waals surface area contributed by atoms with Gasteiger partial charge in [-0.05, 0) is 50.5 Å². The number of aryl methyl sites for hydroxylation is 2. The van der Waals surface area contributed by atoms with Crippen LogP contribution < -0.4 is 10.1 Å². The summed E-state index contributed by atoms with van der Waals surface area (Å²) in [6, 6.07) is 9.60. The minimum Gasteiger partial charge on any atom is -0.494 e. The maximum atomic E-state index is 12.2. The summed E-state index contributed by atoms with van der Waals surface area (Å²) in [6.07, 6.45) is 1.73. The van der Waals surface area contributed by atoms with Crippen molar-refractivity contribution in [3.8, 4) is 5.75 Å². The van der Waals surface area contributed by atoms with Crippen LogP contribution in [0.2, 0.25) is 0 Å². The number of carbonyl (C=O) groups excluding carboxylic acids is 2. The molecule has 0 saturated carbocycles. The Bertz CT molecular complexity index is 754. The van der Waals surface area contributed by atoms with Gasteiger partial charge in [-0.3, -0.25) is 4.79 Å². The molecule has 140 valence electrons. The van der Waals surface area contributed by atoms with E-state index in [0.29, 0.717) is 36.6 Å². The molecule has 5 nitrogen and oxygen atoms in total. The Kier molecular flexibility index (Phi) is 7.66. The molecule has 0 aliphatic heterocycles. The summed E-state index contributed by atoms with van der Waals surface area (Å²) >= 11 is 1.42. The third kappa shape index (κ3) is 5.88. The second-order valence-electron chi connectivity index (χ2n) is 5.85. The molecule has 0 spiro atoms. The van der Waals surface area contributed by atoms with E-state index in [9.17, 15) is 9.59 Å². The van der Waals surface area contributed by atoms with Crippen molar-refractivity contribution in [2.75, 3.05) is 18.5 Å². The van der Waals surface area contributed by atoms with Gasteiger partial charge in [-0.1, -0.05) is 19.1 Å². The minimum atomic E-state index is -0.401. The molecule has 0 radical (unpaired) electrons. The highest BCUT2D eigenvalue weighted by Crippen LogP contribution is 2.29. The summed E-state index contributed by atoms with van der Waals surface area (Å²) in [7, 11) is 0. The molecule has 1 amide bonds. The fourth-order valence-electron chi connectivity index (χ4n) is 2.39. The summed E-state index contributed by atoms with van der Waals surface area (Å²) in [5.74, 6) is 0.273. The molecule has 1 aromatic heterocycles. The van der Waals surface area contributed by atoms with E-state index in [0.717, 1.165) is 22.6 Å². The third-order valence-electron chi connectivity index (χ3n) is 3.69. The smallest absolute Gasteiger partial charge is 0.341 e. The van der Waals surface area contributed by atoms with E-state index in [1.165, 1.54) is 11.3 Å². The van der Waals surface area contributed by atoms with Crippen LogP contribution in [0.25, 0.3) is 0 Å². The van der Waals surface area contributed by atoms with Crippen LogP contribution in [-0.2, 0) is 16.0 Å². The summed E-state index contributed by atoms with van der Waals surface area (Å²) in [4.78, 5) is 25.3. The number of esters is 1. The Labute approximate surface area is 158 Å². The Morgan fingerprint density at radius 3 is 2.69 bits per heavy atom. The van der Waals surface area contributed by atoms with Crippen LogP contribution in [-0.4, -0.2) is 25.1 Å². The number of thiophene rings is 1. The fraction of sp³-hybridized carbons (Fsp3) is 0.400. The van der Waals surface area contributed by atoms with Crippen LogP contribution in [0.4, 0.5) is 5.00 Å². The van der Waals surface area contributed by atoms with Crippen molar-refractivity contribution < 1.29 is 19.1 Å². The van der Waals surface area contributed by atoms with Crippen LogP contribution in [0.3, 0.4) is 0 Å². The second-order valence-corrected chi connectivity index (χ2v) is 6.98. The average molecular weight is 375 g/mol. The zero-order chi connectivity index (χ0) is 18.9. The first kappa shape index (κ1) is 20.0. The minimum absolute atomic E-state index is 0.132. The van der Waals surface area contributed by atoms with E-state index in [1.54, 1.807) is 13.0 Å². The number of anilines is 1. The number of amides is 1. The number of rotatable bonds is 9. The molecule has 0 atom stereocenters. The molecular formula is C20H25NO4S. The lowest BCUT2D eigenvalue weighted by Crippen LogP contribution is -2.14. The van der Waals surface area contributed by atoms with Crippen molar-refractivity contribution in [3.05, 3.63) is 46.3 Å². The molecule has 1 aromatic carbocycles. The number of hydrogen-bond acceptors (Lipinski definition) is 5. The molecular weight excluding hydrogens is 350 g/mol. The van der Waals surface area contributed by atoms with Crippen molar-refractivity contribution in [3.63, 3.8) is 0 Å². The largest absolute Gasteiger partial charge is 0.494 e. The van der Waals surface area contributed by atoms with E-state index in [1.807, 2.05) is 38.1 Å². The van der Waals surface area contributed by atoms with Crippen LogP contribution >= 0.6 is 11.3 Å². The molecule has 26 heavy (non-hydrogen) atoms. The third-order valence-corrected chi connectivity index (χ3v) is 4.88. The van der Waals surface area contributed by atoms with Crippen LogP contribution in [0.1, 0.15) is 47.5 Å². The number of carbonyl (C=O) groups is 2. The number of benzene rings is 1. The monoisotopic (exact) mass is 375 g/mol. The lowest BCUT2D eigenvalue weighted by molar-refractivity contribution is -0.116. The Morgan fingerprint density at radius 1 is 1.19 bits per heavy atom. The van der Waals surface area contributed by atoms with Crippen molar-refractivity contribution in [2.24, 2.45) is 0 Å². The first-order valence-corrected chi connectivity index (χ1v) is 9.64. The molecule has 0 aliphatic rings. The molecule has 0 bridgehead atoms. The molecule has 1 heterocycles.